The quantitative estimate of drug-likeness (QED) is 0.371. The highest BCUT2D eigenvalue weighted by Crippen LogP contribution is 2.25. The first kappa shape index (κ1) is 12.7. The summed E-state index contributed by atoms with van der Waals surface area (Å²) < 4.78 is 0. The fourth-order valence-corrected chi connectivity index (χ4v) is 1.56. The Balaban J connectivity index is 3.31. The predicted molar refractivity (Wildman–Crippen MR) is 65.5 cm³/mol. The number of nitro benzene ring substituents is 1. The van der Waals surface area contributed by atoms with Gasteiger partial charge in [0.25, 0.3) is 5.69 Å². The summed E-state index contributed by atoms with van der Waals surface area (Å²) in [4.78, 5) is 10.2. The molecule has 0 saturated heterocycles. The zero-order valence-corrected chi connectivity index (χ0v) is 10.3. The molecule has 0 aliphatic rings. The number of nitriles is 1. The summed E-state index contributed by atoms with van der Waals surface area (Å²) >= 11 is 8.86. The third-order valence-electron chi connectivity index (χ3n) is 1.80. The van der Waals surface area contributed by atoms with E-state index in [0.717, 1.165) is 0 Å². The summed E-state index contributed by atoms with van der Waals surface area (Å²) in [5.41, 5.74) is 0.650. The zero-order chi connectivity index (χ0) is 12.1. The topological polar surface area (TPSA) is 66.9 Å². The molecule has 0 atom stereocenters. The second-order valence-corrected chi connectivity index (χ2v) is 3.87. The molecular weight excluding hydrogens is 295 g/mol. The average molecular weight is 302 g/mol. The molecule has 0 radical (unpaired) electrons. The normalized spacial score (nSPS) is 10.9. The van der Waals surface area contributed by atoms with Crippen LogP contribution in [0.5, 0.6) is 0 Å². The molecule has 82 valence electrons. The van der Waals surface area contributed by atoms with Crippen molar-refractivity contribution in [1.82, 2.24) is 0 Å². The molecule has 0 fully saturated rings. The van der Waals surface area contributed by atoms with E-state index in [1.54, 1.807) is 0 Å². The standard InChI is InChI=1S/C10H6BrClN2O2/c11-5-7(6-13)3-8-4-9(12)1-2-10(8)14(15)16/h1-4H,5H2/b7-3-. The molecule has 0 N–H and O–H groups in total. The molecule has 0 bridgehead atoms. The van der Waals surface area contributed by atoms with Crippen molar-refractivity contribution in [2.75, 3.05) is 5.33 Å². The van der Waals surface area contributed by atoms with E-state index in [1.165, 1.54) is 24.3 Å². The Morgan fingerprint density at radius 3 is 2.88 bits per heavy atom. The van der Waals surface area contributed by atoms with E-state index in [1.807, 2.05) is 6.07 Å². The summed E-state index contributed by atoms with van der Waals surface area (Å²) in [6.45, 7) is 0. The van der Waals surface area contributed by atoms with Gasteiger partial charge in [-0.2, -0.15) is 5.26 Å². The molecule has 0 spiro atoms. The molecule has 0 amide bonds. The fraction of sp³-hybridized carbons (Fsp3) is 0.100. The molecule has 0 aromatic heterocycles. The number of hydrogen-bond acceptors (Lipinski definition) is 3. The monoisotopic (exact) mass is 300 g/mol. The van der Waals surface area contributed by atoms with Crippen molar-refractivity contribution in [3.8, 4) is 6.07 Å². The lowest BCUT2D eigenvalue weighted by Crippen LogP contribution is -1.92. The van der Waals surface area contributed by atoms with Gasteiger partial charge in [0.05, 0.1) is 16.6 Å². The highest BCUT2D eigenvalue weighted by atomic mass is 79.9. The van der Waals surface area contributed by atoms with Crippen LogP contribution < -0.4 is 0 Å². The van der Waals surface area contributed by atoms with Crippen molar-refractivity contribution in [2.24, 2.45) is 0 Å². The Hall–Kier alpha value is -1.38. The molecule has 1 rings (SSSR count). The van der Waals surface area contributed by atoms with Crippen molar-refractivity contribution in [1.29, 1.82) is 5.26 Å². The minimum atomic E-state index is -0.509. The molecule has 6 heteroatoms. The molecule has 0 aliphatic carbocycles. The van der Waals surface area contributed by atoms with Gasteiger partial charge >= 0.3 is 0 Å². The third kappa shape index (κ3) is 3.05. The van der Waals surface area contributed by atoms with Crippen molar-refractivity contribution < 1.29 is 4.92 Å². The highest BCUT2D eigenvalue weighted by molar-refractivity contribution is 9.09. The number of benzene rings is 1. The van der Waals surface area contributed by atoms with Crippen LogP contribution in [0.3, 0.4) is 0 Å². The zero-order valence-electron chi connectivity index (χ0n) is 7.98. The smallest absolute Gasteiger partial charge is 0.258 e. The molecule has 0 unspecified atom stereocenters. The Bertz CT molecular complexity index is 494. The van der Waals surface area contributed by atoms with Gasteiger partial charge in [0.1, 0.15) is 0 Å². The first-order chi connectivity index (χ1) is 7.58. The lowest BCUT2D eigenvalue weighted by atomic mass is 10.1. The summed E-state index contributed by atoms with van der Waals surface area (Å²) in [5, 5.41) is 20.2. The van der Waals surface area contributed by atoms with Gasteiger partial charge in [-0.05, 0) is 18.2 Å². The number of rotatable bonds is 3. The second kappa shape index (κ2) is 5.64. The van der Waals surface area contributed by atoms with Gasteiger partial charge < -0.3 is 0 Å². The number of halogens is 2. The predicted octanol–water partition coefficient (Wildman–Crippen LogP) is 3.55. The maximum Gasteiger partial charge on any atom is 0.276 e. The Kier molecular flexibility index (Phi) is 4.47. The van der Waals surface area contributed by atoms with Crippen LogP contribution in [0.4, 0.5) is 5.69 Å². The van der Waals surface area contributed by atoms with Crippen LogP contribution in [0.1, 0.15) is 5.56 Å². The maximum absolute atomic E-state index is 10.7. The molecule has 4 nitrogen and oxygen atoms in total. The van der Waals surface area contributed by atoms with E-state index in [9.17, 15) is 10.1 Å². The molecule has 1 aromatic carbocycles. The van der Waals surface area contributed by atoms with Gasteiger partial charge in [-0.15, -0.1) is 0 Å². The van der Waals surface area contributed by atoms with Gasteiger partial charge in [-0.25, -0.2) is 0 Å². The molecular formula is C10H6BrClN2O2. The molecule has 0 heterocycles. The molecule has 16 heavy (non-hydrogen) atoms. The summed E-state index contributed by atoms with van der Waals surface area (Å²) in [6, 6.07) is 6.15. The third-order valence-corrected chi connectivity index (χ3v) is 2.64. The van der Waals surface area contributed by atoms with Crippen molar-refractivity contribution >= 4 is 39.3 Å². The van der Waals surface area contributed by atoms with Crippen LogP contribution in [0.15, 0.2) is 23.8 Å². The van der Waals surface area contributed by atoms with E-state index >= 15 is 0 Å². The Morgan fingerprint density at radius 1 is 1.69 bits per heavy atom. The number of allylic oxidation sites excluding steroid dienone is 1. The largest absolute Gasteiger partial charge is 0.276 e. The van der Waals surface area contributed by atoms with Crippen LogP contribution in [0, 0.1) is 21.4 Å². The lowest BCUT2D eigenvalue weighted by Gasteiger charge is -1.99. The van der Waals surface area contributed by atoms with Gasteiger partial charge in [0.2, 0.25) is 0 Å². The summed E-state index contributed by atoms with van der Waals surface area (Å²) in [6.07, 6.45) is 1.44. The Labute approximate surface area is 105 Å². The SMILES string of the molecule is N#C/C(=C\c1cc(Cl)ccc1[N+](=O)[O-])CBr. The second-order valence-electron chi connectivity index (χ2n) is 2.88. The van der Waals surface area contributed by atoms with E-state index < -0.39 is 4.92 Å². The fourth-order valence-electron chi connectivity index (χ4n) is 1.10. The van der Waals surface area contributed by atoms with Crippen LogP contribution in [-0.2, 0) is 0 Å². The number of alkyl halides is 1. The van der Waals surface area contributed by atoms with Crippen molar-refractivity contribution in [3.05, 3.63) is 44.5 Å². The molecule has 1 aromatic rings. The average Bonchev–Trinajstić information content (AvgIpc) is 2.25. The van der Waals surface area contributed by atoms with Crippen molar-refractivity contribution in [2.45, 2.75) is 0 Å². The number of hydrogen-bond donors (Lipinski definition) is 0. The molecule has 0 aliphatic heterocycles. The van der Waals surface area contributed by atoms with Gasteiger partial charge in [0, 0.05) is 22.0 Å². The van der Waals surface area contributed by atoms with Crippen LogP contribution in [0.25, 0.3) is 6.08 Å². The first-order valence-electron chi connectivity index (χ1n) is 4.19. The first-order valence-corrected chi connectivity index (χ1v) is 5.69. The highest BCUT2D eigenvalue weighted by Gasteiger charge is 2.12. The summed E-state index contributed by atoms with van der Waals surface area (Å²) in [5.74, 6) is 0. The maximum atomic E-state index is 10.7. The Morgan fingerprint density at radius 2 is 2.38 bits per heavy atom. The van der Waals surface area contributed by atoms with Gasteiger partial charge in [-0.1, -0.05) is 27.5 Å². The van der Waals surface area contributed by atoms with E-state index in [4.69, 9.17) is 16.9 Å². The van der Waals surface area contributed by atoms with Crippen LogP contribution in [0.2, 0.25) is 5.02 Å². The van der Waals surface area contributed by atoms with Gasteiger partial charge in [-0.3, -0.25) is 10.1 Å². The number of nitrogens with zero attached hydrogens (tertiary/aromatic N) is 2. The summed E-state index contributed by atoms with van der Waals surface area (Å²) in [7, 11) is 0. The number of nitro groups is 1. The van der Waals surface area contributed by atoms with Gasteiger partial charge in [0.15, 0.2) is 0 Å². The van der Waals surface area contributed by atoms with E-state index in [0.29, 0.717) is 21.5 Å². The van der Waals surface area contributed by atoms with Crippen LogP contribution >= 0.6 is 27.5 Å². The van der Waals surface area contributed by atoms with Crippen molar-refractivity contribution in [3.63, 3.8) is 0 Å². The van der Waals surface area contributed by atoms with E-state index in [2.05, 4.69) is 15.9 Å². The minimum absolute atomic E-state index is 0.0712. The molecule has 0 saturated carbocycles. The van der Waals surface area contributed by atoms with E-state index in [-0.39, 0.29) is 5.69 Å². The minimum Gasteiger partial charge on any atom is -0.258 e. The lowest BCUT2D eigenvalue weighted by molar-refractivity contribution is -0.385. The van der Waals surface area contributed by atoms with Crippen LogP contribution in [-0.4, -0.2) is 10.3 Å².